The van der Waals surface area contributed by atoms with Crippen molar-refractivity contribution in [1.82, 2.24) is 14.8 Å². The Hall–Kier alpha value is -2.34. The average Bonchev–Trinajstić information content (AvgIpc) is 2.66. The number of nitrogens with zero attached hydrogens (tertiary/aromatic N) is 3. The van der Waals surface area contributed by atoms with Crippen LogP contribution in [-0.2, 0) is 11.3 Å². The number of fused-ring (bicyclic) bond motifs is 1. The maximum absolute atomic E-state index is 12.4. The number of hydrogen-bond acceptors (Lipinski definition) is 5. The normalized spacial score (nSPS) is 18.4. The first-order valence-corrected chi connectivity index (χ1v) is 9.70. The molecule has 0 radical (unpaired) electrons. The molecule has 0 spiro atoms. The van der Waals surface area contributed by atoms with Crippen LogP contribution in [0, 0.1) is 5.92 Å². The summed E-state index contributed by atoms with van der Waals surface area (Å²) in [4.78, 5) is 21.6. The van der Waals surface area contributed by atoms with Gasteiger partial charge in [-0.05, 0) is 31.0 Å². The van der Waals surface area contributed by atoms with Crippen LogP contribution in [0.4, 0.5) is 0 Å². The van der Waals surface area contributed by atoms with E-state index in [1.54, 1.807) is 14.2 Å². The van der Waals surface area contributed by atoms with Crippen molar-refractivity contribution in [3.8, 4) is 11.5 Å². The Morgan fingerprint density at radius 2 is 1.89 bits per heavy atom. The second-order valence-electron chi connectivity index (χ2n) is 7.43. The molecule has 1 saturated heterocycles. The second-order valence-corrected chi connectivity index (χ2v) is 7.43. The largest absolute Gasteiger partial charge is 0.497 e. The molecule has 2 aliphatic rings. The number of aromatic nitrogens is 1. The molecule has 0 unspecified atom stereocenters. The van der Waals surface area contributed by atoms with E-state index < -0.39 is 0 Å². The number of benzene rings is 1. The average molecular weight is 369 g/mol. The van der Waals surface area contributed by atoms with Crippen LogP contribution in [0.1, 0.15) is 25.0 Å². The predicted octanol–water partition coefficient (Wildman–Crippen LogP) is 2.70. The first kappa shape index (κ1) is 18.0. The number of carbonyl (C=O) groups is 1. The summed E-state index contributed by atoms with van der Waals surface area (Å²) in [6, 6.07) is 7.85. The fourth-order valence-corrected chi connectivity index (χ4v) is 3.87. The molecule has 1 saturated carbocycles. The lowest BCUT2D eigenvalue weighted by Crippen LogP contribution is -2.50. The van der Waals surface area contributed by atoms with E-state index in [1.165, 1.54) is 6.42 Å². The van der Waals surface area contributed by atoms with Crippen molar-refractivity contribution in [2.75, 3.05) is 40.4 Å². The van der Waals surface area contributed by atoms with Gasteiger partial charge in [0.15, 0.2) is 0 Å². The van der Waals surface area contributed by atoms with Gasteiger partial charge in [-0.2, -0.15) is 0 Å². The number of hydrogen-bond donors (Lipinski definition) is 0. The summed E-state index contributed by atoms with van der Waals surface area (Å²) in [6.45, 7) is 4.19. The molecule has 0 N–H and O–H groups in total. The quantitative estimate of drug-likeness (QED) is 0.811. The molecule has 0 bridgehead atoms. The van der Waals surface area contributed by atoms with E-state index in [9.17, 15) is 4.79 Å². The van der Waals surface area contributed by atoms with Crippen LogP contribution in [0.2, 0.25) is 0 Å². The number of amides is 1. The first-order chi connectivity index (χ1) is 13.2. The van der Waals surface area contributed by atoms with Gasteiger partial charge in [0.2, 0.25) is 5.91 Å². The first-order valence-electron chi connectivity index (χ1n) is 9.70. The Balaban J connectivity index is 1.43. The maximum Gasteiger partial charge on any atom is 0.225 e. The zero-order valence-corrected chi connectivity index (χ0v) is 16.1. The molecule has 27 heavy (non-hydrogen) atoms. The molecule has 2 heterocycles. The summed E-state index contributed by atoms with van der Waals surface area (Å²) in [5, 5.41) is 0.955. The van der Waals surface area contributed by atoms with Gasteiger partial charge in [-0.3, -0.25) is 14.7 Å². The summed E-state index contributed by atoms with van der Waals surface area (Å²) < 4.78 is 10.9. The van der Waals surface area contributed by atoms with Crippen LogP contribution in [0.15, 0.2) is 24.3 Å². The minimum absolute atomic E-state index is 0.292. The van der Waals surface area contributed by atoms with E-state index in [0.29, 0.717) is 11.8 Å². The Kier molecular flexibility index (Phi) is 5.16. The van der Waals surface area contributed by atoms with Crippen LogP contribution in [0.25, 0.3) is 10.9 Å². The lowest BCUT2D eigenvalue weighted by Gasteiger charge is -2.38. The minimum atomic E-state index is 0.292. The standard InChI is InChI=1S/C21H27N3O3/c1-26-17-6-7-19-18(13-17)20(27-2)12-16(22-19)14-23-8-10-24(11-9-23)21(25)15-4-3-5-15/h6-7,12-13,15H,3-5,8-11,14H2,1-2H3. The number of pyridine rings is 1. The Morgan fingerprint density at radius 3 is 2.52 bits per heavy atom. The third-order valence-electron chi connectivity index (χ3n) is 5.77. The van der Waals surface area contributed by atoms with Gasteiger partial charge in [0.1, 0.15) is 11.5 Å². The highest BCUT2D eigenvalue weighted by molar-refractivity contribution is 5.86. The molecule has 2 aromatic rings. The smallest absolute Gasteiger partial charge is 0.225 e. The van der Waals surface area contributed by atoms with Crippen molar-refractivity contribution >= 4 is 16.8 Å². The van der Waals surface area contributed by atoms with Gasteiger partial charge < -0.3 is 14.4 Å². The molecule has 1 aliphatic heterocycles. The van der Waals surface area contributed by atoms with E-state index >= 15 is 0 Å². The third kappa shape index (κ3) is 3.72. The Labute approximate surface area is 160 Å². The summed E-state index contributed by atoms with van der Waals surface area (Å²) in [5.74, 6) is 2.26. The highest BCUT2D eigenvalue weighted by Crippen LogP contribution is 2.30. The van der Waals surface area contributed by atoms with Crippen molar-refractivity contribution < 1.29 is 14.3 Å². The number of ether oxygens (including phenoxy) is 2. The van der Waals surface area contributed by atoms with Crippen LogP contribution >= 0.6 is 0 Å². The summed E-state index contributed by atoms with van der Waals surface area (Å²) in [7, 11) is 3.34. The number of methoxy groups -OCH3 is 2. The molecular weight excluding hydrogens is 342 g/mol. The van der Waals surface area contributed by atoms with Gasteiger partial charge in [0.05, 0.1) is 25.4 Å². The predicted molar refractivity (Wildman–Crippen MR) is 104 cm³/mol. The molecule has 0 atom stereocenters. The van der Waals surface area contributed by atoms with Crippen LogP contribution in [0.3, 0.4) is 0 Å². The number of carbonyl (C=O) groups excluding carboxylic acids is 1. The van der Waals surface area contributed by atoms with Crippen molar-refractivity contribution in [2.24, 2.45) is 5.92 Å². The summed E-state index contributed by atoms with van der Waals surface area (Å²) in [6.07, 6.45) is 3.35. The molecule has 1 aliphatic carbocycles. The number of piperazine rings is 1. The lowest BCUT2D eigenvalue weighted by molar-refractivity contribution is -0.140. The van der Waals surface area contributed by atoms with Gasteiger partial charge in [-0.1, -0.05) is 6.42 Å². The number of rotatable bonds is 5. The monoisotopic (exact) mass is 369 g/mol. The van der Waals surface area contributed by atoms with E-state index in [4.69, 9.17) is 14.5 Å². The highest BCUT2D eigenvalue weighted by atomic mass is 16.5. The van der Waals surface area contributed by atoms with Crippen molar-refractivity contribution in [3.05, 3.63) is 30.0 Å². The molecule has 1 aromatic carbocycles. The summed E-state index contributed by atoms with van der Waals surface area (Å²) >= 11 is 0. The minimum Gasteiger partial charge on any atom is -0.497 e. The van der Waals surface area contributed by atoms with Crippen molar-refractivity contribution in [1.29, 1.82) is 0 Å². The van der Waals surface area contributed by atoms with E-state index in [1.807, 2.05) is 29.2 Å². The van der Waals surface area contributed by atoms with Crippen LogP contribution in [-0.4, -0.2) is 61.1 Å². The van der Waals surface area contributed by atoms with Gasteiger partial charge in [-0.25, -0.2) is 0 Å². The van der Waals surface area contributed by atoms with Crippen molar-refractivity contribution in [2.45, 2.75) is 25.8 Å². The van der Waals surface area contributed by atoms with Crippen molar-refractivity contribution in [3.63, 3.8) is 0 Å². The maximum atomic E-state index is 12.4. The Morgan fingerprint density at radius 1 is 1.11 bits per heavy atom. The molecule has 1 amide bonds. The third-order valence-corrected chi connectivity index (χ3v) is 5.77. The molecule has 1 aromatic heterocycles. The SMILES string of the molecule is COc1ccc2nc(CN3CCN(C(=O)C4CCC4)CC3)cc(OC)c2c1. The van der Waals surface area contributed by atoms with Gasteiger partial charge in [-0.15, -0.1) is 0 Å². The van der Waals surface area contributed by atoms with Crippen LogP contribution in [0.5, 0.6) is 11.5 Å². The van der Waals surface area contributed by atoms with Gasteiger partial charge in [0.25, 0.3) is 0 Å². The fourth-order valence-electron chi connectivity index (χ4n) is 3.87. The second kappa shape index (κ2) is 7.72. The molecule has 2 fully saturated rings. The topological polar surface area (TPSA) is 54.9 Å². The van der Waals surface area contributed by atoms with E-state index in [-0.39, 0.29) is 0 Å². The van der Waals surface area contributed by atoms with E-state index in [2.05, 4.69) is 4.90 Å². The molecule has 6 heteroatoms. The van der Waals surface area contributed by atoms with Gasteiger partial charge >= 0.3 is 0 Å². The summed E-state index contributed by atoms with van der Waals surface area (Å²) in [5.41, 5.74) is 1.90. The van der Waals surface area contributed by atoms with Crippen LogP contribution < -0.4 is 9.47 Å². The molecular formula is C21H27N3O3. The van der Waals surface area contributed by atoms with E-state index in [0.717, 1.165) is 73.7 Å². The molecule has 4 rings (SSSR count). The fraction of sp³-hybridized carbons (Fsp3) is 0.524. The Bertz CT molecular complexity index is 827. The highest BCUT2D eigenvalue weighted by Gasteiger charge is 2.31. The zero-order chi connectivity index (χ0) is 18.8. The molecule has 144 valence electrons. The lowest BCUT2D eigenvalue weighted by atomic mass is 9.84. The van der Waals surface area contributed by atoms with Gasteiger partial charge in [0, 0.05) is 50.1 Å². The zero-order valence-electron chi connectivity index (χ0n) is 16.1. The molecule has 6 nitrogen and oxygen atoms in total.